The number of Topliss-reactive ketones (excluding diaryl/α,β-unsaturated/α-hetero) is 1. The third-order valence-corrected chi connectivity index (χ3v) is 8.94. The first kappa shape index (κ1) is 26.4. The largest absolute Gasteiger partial charge is 0.497 e. The minimum Gasteiger partial charge on any atom is -0.497 e. The highest BCUT2D eigenvalue weighted by Gasteiger charge is 2.42. The van der Waals surface area contributed by atoms with E-state index in [4.69, 9.17) is 27.9 Å². The van der Waals surface area contributed by atoms with Crippen LogP contribution in [0.4, 0.5) is 21.9 Å². The van der Waals surface area contributed by atoms with Gasteiger partial charge in [-0.05, 0) is 71.8 Å². The van der Waals surface area contributed by atoms with Gasteiger partial charge in [0.1, 0.15) is 11.8 Å². The number of allylic oxidation sites excluding steroid dienone is 1. The molecule has 9 heteroatoms. The first-order chi connectivity index (χ1) is 19.4. The second-order valence-corrected chi connectivity index (χ2v) is 11.5. The van der Waals surface area contributed by atoms with Crippen molar-refractivity contribution in [2.45, 2.75) is 24.8 Å². The zero-order valence-corrected chi connectivity index (χ0v) is 23.8. The number of hydrogen-bond donors (Lipinski definition) is 2. The molecule has 40 heavy (non-hydrogen) atoms. The average Bonchev–Trinajstić information content (AvgIpc) is 3.44. The van der Waals surface area contributed by atoms with Crippen LogP contribution in [0.3, 0.4) is 0 Å². The van der Waals surface area contributed by atoms with E-state index in [0.29, 0.717) is 39.8 Å². The molecule has 2 N–H and O–H groups in total. The van der Waals surface area contributed by atoms with E-state index >= 15 is 0 Å². The highest BCUT2D eigenvalue weighted by atomic mass is 35.5. The van der Waals surface area contributed by atoms with Crippen LogP contribution in [-0.4, -0.2) is 18.9 Å². The summed E-state index contributed by atoms with van der Waals surface area (Å²) in [6.45, 7) is 0. The molecule has 0 unspecified atom stereocenters. The smallest absolute Gasteiger partial charge is 0.327 e. The van der Waals surface area contributed by atoms with Crippen molar-refractivity contribution in [3.8, 4) is 5.75 Å². The van der Waals surface area contributed by atoms with E-state index in [9.17, 15) is 9.59 Å². The van der Waals surface area contributed by atoms with Crippen LogP contribution in [0.5, 0.6) is 5.75 Å². The van der Waals surface area contributed by atoms with Gasteiger partial charge in [0.05, 0.1) is 28.5 Å². The van der Waals surface area contributed by atoms with E-state index in [-0.39, 0.29) is 17.7 Å². The number of hydrogen-bond acceptors (Lipinski definition) is 5. The van der Waals surface area contributed by atoms with Gasteiger partial charge in [0.2, 0.25) is 0 Å². The van der Waals surface area contributed by atoms with Crippen molar-refractivity contribution in [2.75, 3.05) is 22.6 Å². The molecule has 0 spiro atoms. The van der Waals surface area contributed by atoms with E-state index in [1.54, 1.807) is 30.2 Å². The SMILES string of the molecule is COc1ccc([C@H]2CC(=O)C3=C(C2)Nc2ccccc2N(C(=O)Nc2ccc(Cl)c(Cl)c2)[C@@H]3c2cccs2)cc1. The molecule has 1 aromatic heterocycles. The lowest BCUT2D eigenvalue weighted by molar-refractivity contribution is -0.116. The Labute approximate surface area is 246 Å². The van der Waals surface area contributed by atoms with E-state index in [1.807, 2.05) is 66.0 Å². The molecule has 1 aliphatic carbocycles. The van der Waals surface area contributed by atoms with E-state index in [1.165, 1.54) is 11.3 Å². The molecule has 202 valence electrons. The molecule has 3 aromatic carbocycles. The quantitative estimate of drug-likeness (QED) is 0.250. The molecule has 2 atom stereocenters. The lowest BCUT2D eigenvalue weighted by Crippen LogP contribution is -2.40. The second kappa shape index (κ2) is 11.0. The lowest BCUT2D eigenvalue weighted by Gasteiger charge is -2.34. The number of anilines is 3. The first-order valence-electron chi connectivity index (χ1n) is 12.8. The van der Waals surface area contributed by atoms with Crippen LogP contribution in [-0.2, 0) is 4.79 Å². The number of nitrogens with zero attached hydrogens (tertiary/aromatic N) is 1. The van der Waals surface area contributed by atoms with Crippen molar-refractivity contribution in [3.05, 3.63) is 116 Å². The number of ketones is 1. The van der Waals surface area contributed by atoms with Gasteiger partial charge in [-0.3, -0.25) is 9.69 Å². The van der Waals surface area contributed by atoms with Crippen LogP contribution in [0.15, 0.2) is 95.5 Å². The van der Waals surface area contributed by atoms with Gasteiger partial charge in [0.25, 0.3) is 0 Å². The number of thiophene rings is 1. The fourth-order valence-electron chi connectivity index (χ4n) is 5.40. The van der Waals surface area contributed by atoms with Crippen LogP contribution < -0.4 is 20.3 Å². The van der Waals surface area contributed by atoms with Crippen LogP contribution in [0.1, 0.15) is 35.2 Å². The van der Waals surface area contributed by atoms with E-state index in [2.05, 4.69) is 10.6 Å². The predicted octanol–water partition coefficient (Wildman–Crippen LogP) is 8.67. The summed E-state index contributed by atoms with van der Waals surface area (Å²) >= 11 is 13.8. The monoisotopic (exact) mass is 589 g/mol. The van der Waals surface area contributed by atoms with Gasteiger partial charge < -0.3 is 15.4 Å². The summed E-state index contributed by atoms with van der Waals surface area (Å²) < 4.78 is 5.32. The number of benzene rings is 3. The maximum Gasteiger partial charge on any atom is 0.327 e. The molecule has 2 aliphatic rings. The maximum absolute atomic E-state index is 14.1. The average molecular weight is 591 g/mol. The summed E-state index contributed by atoms with van der Waals surface area (Å²) in [6.07, 6.45) is 0.971. The van der Waals surface area contributed by atoms with Crippen molar-refractivity contribution in [1.82, 2.24) is 0 Å². The Kier molecular flexibility index (Phi) is 7.27. The standard InChI is InChI=1S/C31H25Cl2N3O3S/c1-39-21-11-8-18(9-12-21)19-15-25-29(27(37)16-19)30(28-7-4-14-40-28)36(26-6-3-2-5-24(26)35-25)31(38)34-20-10-13-22(32)23(33)17-20/h2-14,17,19,30,35H,15-16H2,1H3,(H,34,38)/t19-,30-/m1/s1. The molecule has 0 radical (unpaired) electrons. The molecule has 0 bridgehead atoms. The Morgan fingerprint density at radius 2 is 1.80 bits per heavy atom. The van der Waals surface area contributed by atoms with E-state index < -0.39 is 6.04 Å². The lowest BCUT2D eigenvalue weighted by atomic mass is 9.79. The Hall–Kier alpha value is -3.78. The van der Waals surface area contributed by atoms with Crippen molar-refractivity contribution < 1.29 is 14.3 Å². The molecule has 6 rings (SSSR count). The van der Waals surface area contributed by atoms with Gasteiger partial charge in [-0.15, -0.1) is 11.3 Å². The molecule has 0 saturated carbocycles. The Bertz CT molecular complexity index is 1620. The number of urea groups is 1. The highest BCUT2D eigenvalue weighted by molar-refractivity contribution is 7.10. The second-order valence-electron chi connectivity index (χ2n) is 9.68. The van der Waals surface area contributed by atoms with E-state index in [0.717, 1.165) is 27.6 Å². The van der Waals surface area contributed by atoms with Gasteiger partial charge in [-0.1, -0.05) is 53.5 Å². The number of carbonyl (C=O) groups is 2. The number of fused-ring (bicyclic) bond motifs is 1. The number of carbonyl (C=O) groups excluding carboxylic acids is 2. The molecule has 2 amide bonds. The first-order valence-corrected chi connectivity index (χ1v) is 14.4. The summed E-state index contributed by atoms with van der Waals surface area (Å²) in [5, 5.41) is 9.22. The third kappa shape index (κ3) is 4.96. The fourth-order valence-corrected chi connectivity index (χ4v) is 6.52. The van der Waals surface area contributed by atoms with Crippen molar-refractivity contribution in [3.63, 3.8) is 0 Å². The molecule has 1 aliphatic heterocycles. The summed E-state index contributed by atoms with van der Waals surface area (Å²) in [7, 11) is 1.64. The Balaban J connectivity index is 1.45. The Morgan fingerprint density at radius 1 is 1.00 bits per heavy atom. The molecule has 0 saturated heterocycles. The normalized spacial score (nSPS) is 18.4. The van der Waals surface area contributed by atoms with Crippen molar-refractivity contribution in [1.29, 1.82) is 0 Å². The topological polar surface area (TPSA) is 70.7 Å². The van der Waals surface area contributed by atoms with Crippen LogP contribution >= 0.6 is 34.5 Å². The summed E-state index contributed by atoms with van der Waals surface area (Å²) in [5.74, 6) is 0.777. The fraction of sp³-hybridized carbons (Fsp3) is 0.161. The molecule has 4 aromatic rings. The molecular formula is C31H25Cl2N3O3S. The number of amides is 2. The molecular weight excluding hydrogens is 565 g/mol. The van der Waals surface area contributed by atoms with Crippen molar-refractivity contribution in [2.24, 2.45) is 0 Å². The molecule has 2 heterocycles. The van der Waals surface area contributed by atoms with Crippen LogP contribution in [0.2, 0.25) is 10.0 Å². The third-order valence-electron chi connectivity index (χ3n) is 7.28. The Morgan fingerprint density at radius 3 is 2.52 bits per heavy atom. The van der Waals surface area contributed by atoms with Gasteiger partial charge in [0.15, 0.2) is 5.78 Å². The number of para-hydroxylation sites is 2. The maximum atomic E-state index is 14.1. The van der Waals surface area contributed by atoms with Gasteiger partial charge >= 0.3 is 6.03 Å². The van der Waals surface area contributed by atoms with Gasteiger partial charge in [-0.25, -0.2) is 4.79 Å². The minimum atomic E-state index is -0.613. The number of nitrogens with one attached hydrogen (secondary N) is 2. The molecule has 6 nitrogen and oxygen atoms in total. The summed E-state index contributed by atoms with van der Waals surface area (Å²) in [5.41, 5.74) is 4.42. The summed E-state index contributed by atoms with van der Waals surface area (Å²) in [6, 6.07) is 23.3. The number of ether oxygens (including phenoxy) is 1. The number of methoxy groups -OCH3 is 1. The van der Waals surface area contributed by atoms with Gasteiger partial charge in [-0.2, -0.15) is 0 Å². The molecule has 0 fully saturated rings. The van der Waals surface area contributed by atoms with Gasteiger partial charge in [0, 0.05) is 28.3 Å². The highest BCUT2D eigenvalue weighted by Crippen LogP contribution is 2.48. The summed E-state index contributed by atoms with van der Waals surface area (Å²) in [4.78, 5) is 30.7. The number of rotatable bonds is 4. The van der Waals surface area contributed by atoms with Crippen LogP contribution in [0.25, 0.3) is 0 Å². The zero-order chi connectivity index (χ0) is 27.8. The van der Waals surface area contributed by atoms with Crippen LogP contribution in [0, 0.1) is 0 Å². The van der Waals surface area contributed by atoms with Crippen molar-refractivity contribution >= 4 is 63.4 Å². The predicted molar refractivity (Wildman–Crippen MR) is 162 cm³/mol. The minimum absolute atomic E-state index is 0.00242. The number of halogens is 2. The zero-order valence-electron chi connectivity index (χ0n) is 21.5.